The third-order valence-electron chi connectivity index (χ3n) is 6.47. The summed E-state index contributed by atoms with van der Waals surface area (Å²) < 4.78 is 24.8. The van der Waals surface area contributed by atoms with Gasteiger partial charge in [0.2, 0.25) is 5.82 Å². The molecule has 188 valence electrons. The summed E-state index contributed by atoms with van der Waals surface area (Å²) in [5, 5.41) is 7.21. The standard InChI is InChI=1S/C29H27FN4O3/c1-19-25(28-32-27(33-37-28)22-11-6-12-23(30)18-22)26(21-13-15-24(36-2)16-14-21)31-29(35)34(19)17-7-10-20-8-4-3-5-9-20/h3-6,8-9,11-16,18,26H,7,10,17H2,1-2H3,(H,31,35). The monoisotopic (exact) mass is 498 g/mol. The quantitative estimate of drug-likeness (QED) is 0.322. The molecule has 1 aliphatic heterocycles. The van der Waals surface area contributed by atoms with Crippen molar-refractivity contribution in [3.8, 4) is 17.1 Å². The Balaban J connectivity index is 1.49. The molecule has 8 heteroatoms. The summed E-state index contributed by atoms with van der Waals surface area (Å²) in [6, 6.07) is 23.0. The van der Waals surface area contributed by atoms with E-state index in [4.69, 9.17) is 9.26 Å². The second-order valence-electron chi connectivity index (χ2n) is 8.83. The number of ether oxygens (including phenoxy) is 1. The smallest absolute Gasteiger partial charge is 0.322 e. The van der Waals surface area contributed by atoms with E-state index in [1.807, 2.05) is 49.4 Å². The lowest BCUT2D eigenvalue weighted by Crippen LogP contribution is -2.46. The predicted octanol–water partition coefficient (Wildman–Crippen LogP) is 6.01. The Kier molecular flexibility index (Phi) is 6.98. The molecule has 1 aliphatic rings. The number of benzene rings is 3. The fourth-order valence-electron chi connectivity index (χ4n) is 4.54. The van der Waals surface area contributed by atoms with E-state index in [-0.39, 0.29) is 23.6 Å². The summed E-state index contributed by atoms with van der Waals surface area (Å²) in [5.74, 6) is 0.869. The number of rotatable bonds is 8. The average Bonchev–Trinajstić information content (AvgIpc) is 3.41. The number of carbonyl (C=O) groups is 1. The zero-order valence-electron chi connectivity index (χ0n) is 20.6. The van der Waals surface area contributed by atoms with E-state index in [0.29, 0.717) is 23.4 Å². The van der Waals surface area contributed by atoms with Gasteiger partial charge in [0, 0.05) is 17.8 Å². The summed E-state index contributed by atoms with van der Waals surface area (Å²) in [6.45, 7) is 2.41. The van der Waals surface area contributed by atoms with E-state index in [1.54, 1.807) is 24.1 Å². The number of urea groups is 1. The van der Waals surface area contributed by atoms with Gasteiger partial charge in [-0.05, 0) is 55.2 Å². The number of allylic oxidation sites excluding steroid dienone is 1. The molecule has 4 aromatic rings. The maximum Gasteiger partial charge on any atom is 0.322 e. The molecule has 0 saturated carbocycles. The van der Waals surface area contributed by atoms with Gasteiger partial charge < -0.3 is 14.6 Å². The zero-order chi connectivity index (χ0) is 25.8. The molecule has 2 heterocycles. The van der Waals surface area contributed by atoms with E-state index in [1.165, 1.54) is 17.7 Å². The van der Waals surface area contributed by atoms with Crippen molar-refractivity contribution < 1.29 is 18.4 Å². The van der Waals surface area contributed by atoms with Gasteiger partial charge in [0.15, 0.2) is 0 Å². The van der Waals surface area contributed by atoms with E-state index < -0.39 is 6.04 Å². The van der Waals surface area contributed by atoms with E-state index >= 15 is 0 Å². The molecule has 0 fully saturated rings. The van der Waals surface area contributed by atoms with Crippen LogP contribution in [0, 0.1) is 5.82 Å². The second-order valence-corrected chi connectivity index (χ2v) is 8.83. The molecule has 0 bridgehead atoms. The lowest BCUT2D eigenvalue weighted by molar-refractivity contribution is 0.204. The van der Waals surface area contributed by atoms with Crippen molar-refractivity contribution in [1.82, 2.24) is 20.4 Å². The fraction of sp³-hybridized carbons (Fsp3) is 0.207. The number of aryl methyl sites for hydroxylation is 1. The van der Waals surface area contributed by atoms with Crippen molar-refractivity contribution in [3.05, 3.63) is 107 Å². The van der Waals surface area contributed by atoms with Crippen molar-refractivity contribution >= 4 is 11.6 Å². The molecule has 7 nitrogen and oxygen atoms in total. The number of carbonyl (C=O) groups excluding carboxylic acids is 1. The van der Waals surface area contributed by atoms with Gasteiger partial charge >= 0.3 is 6.03 Å². The number of aromatic nitrogens is 2. The summed E-state index contributed by atoms with van der Waals surface area (Å²) in [5.41, 5.74) is 3.99. The molecule has 1 unspecified atom stereocenters. The van der Waals surface area contributed by atoms with E-state index in [9.17, 15) is 9.18 Å². The number of nitrogens with one attached hydrogen (secondary N) is 1. The number of methoxy groups -OCH3 is 1. The van der Waals surface area contributed by atoms with Crippen molar-refractivity contribution in [3.63, 3.8) is 0 Å². The van der Waals surface area contributed by atoms with Crippen molar-refractivity contribution in [2.75, 3.05) is 13.7 Å². The minimum absolute atomic E-state index is 0.194. The minimum atomic E-state index is -0.510. The Hall–Kier alpha value is -4.46. The molecular weight excluding hydrogens is 471 g/mol. The number of halogens is 1. The molecule has 1 N–H and O–H groups in total. The van der Waals surface area contributed by atoms with Crippen LogP contribution in [-0.2, 0) is 6.42 Å². The highest BCUT2D eigenvalue weighted by Gasteiger charge is 2.35. The van der Waals surface area contributed by atoms with Gasteiger partial charge in [0.05, 0.1) is 18.7 Å². The maximum atomic E-state index is 13.8. The highest BCUT2D eigenvalue weighted by molar-refractivity contribution is 5.86. The SMILES string of the molecule is COc1ccc(C2NC(=O)N(CCCc3ccccc3)C(C)=C2c2nc(-c3cccc(F)c3)no2)cc1. The van der Waals surface area contributed by atoms with Gasteiger partial charge in [-0.3, -0.25) is 4.90 Å². The number of nitrogens with zero attached hydrogens (tertiary/aromatic N) is 3. The van der Waals surface area contributed by atoms with Crippen LogP contribution in [0.15, 0.2) is 89.1 Å². The molecule has 1 aromatic heterocycles. The van der Waals surface area contributed by atoms with Gasteiger partial charge in [-0.25, -0.2) is 9.18 Å². The van der Waals surface area contributed by atoms with Crippen molar-refractivity contribution in [2.45, 2.75) is 25.8 Å². The number of amides is 2. The van der Waals surface area contributed by atoms with Crippen LogP contribution in [0.3, 0.4) is 0 Å². The lowest BCUT2D eigenvalue weighted by Gasteiger charge is -2.35. The largest absolute Gasteiger partial charge is 0.497 e. The van der Waals surface area contributed by atoms with E-state index in [0.717, 1.165) is 24.1 Å². The maximum absolute atomic E-state index is 13.8. The normalized spacial score (nSPS) is 15.6. The fourth-order valence-corrected chi connectivity index (χ4v) is 4.54. The molecule has 0 aliphatic carbocycles. The molecule has 2 amide bonds. The van der Waals surface area contributed by atoms with Crippen molar-refractivity contribution in [2.24, 2.45) is 0 Å². The van der Waals surface area contributed by atoms with Crippen LogP contribution < -0.4 is 10.1 Å². The van der Waals surface area contributed by atoms with Crippen LogP contribution >= 0.6 is 0 Å². The Labute approximate surface area is 214 Å². The van der Waals surface area contributed by atoms with Crippen LogP contribution in [0.5, 0.6) is 5.75 Å². The highest BCUT2D eigenvalue weighted by atomic mass is 19.1. The minimum Gasteiger partial charge on any atom is -0.497 e. The van der Waals surface area contributed by atoms with Gasteiger partial charge in [-0.1, -0.05) is 59.8 Å². The molecule has 37 heavy (non-hydrogen) atoms. The topological polar surface area (TPSA) is 80.5 Å². The third kappa shape index (κ3) is 5.23. The average molecular weight is 499 g/mol. The Bertz CT molecular complexity index is 1420. The third-order valence-corrected chi connectivity index (χ3v) is 6.47. The summed E-state index contributed by atoms with van der Waals surface area (Å²) in [7, 11) is 1.60. The van der Waals surface area contributed by atoms with Gasteiger partial charge in [-0.2, -0.15) is 4.98 Å². The van der Waals surface area contributed by atoms with Crippen LogP contribution in [0.25, 0.3) is 17.0 Å². The molecular formula is C29H27FN4O3. The Morgan fingerprint density at radius 1 is 1.05 bits per heavy atom. The summed E-state index contributed by atoms with van der Waals surface area (Å²) >= 11 is 0. The first-order valence-electron chi connectivity index (χ1n) is 12.1. The Morgan fingerprint density at radius 2 is 1.84 bits per heavy atom. The number of hydrogen-bond acceptors (Lipinski definition) is 5. The first kappa shape index (κ1) is 24.2. The van der Waals surface area contributed by atoms with E-state index in [2.05, 4.69) is 27.6 Å². The Morgan fingerprint density at radius 3 is 2.57 bits per heavy atom. The summed E-state index contributed by atoms with van der Waals surface area (Å²) in [4.78, 5) is 19.5. The highest BCUT2D eigenvalue weighted by Crippen LogP contribution is 2.38. The molecule has 5 rings (SSSR count). The van der Waals surface area contributed by atoms with Crippen molar-refractivity contribution in [1.29, 1.82) is 0 Å². The first-order chi connectivity index (χ1) is 18.0. The first-order valence-corrected chi connectivity index (χ1v) is 12.1. The summed E-state index contributed by atoms with van der Waals surface area (Å²) in [6.07, 6.45) is 1.63. The molecule has 3 aromatic carbocycles. The van der Waals surface area contributed by atoms with Crippen LogP contribution in [0.1, 0.15) is 36.4 Å². The molecule has 1 atom stereocenters. The zero-order valence-corrected chi connectivity index (χ0v) is 20.6. The van der Waals surface area contributed by atoms with Crippen LogP contribution in [0.4, 0.5) is 9.18 Å². The molecule has 0 spiro atoms. The van der Waals surface area contributed by atoms with Gasteiger partial charge in [0.1, 0.15) is 11.6 Å². The van der Waals surface area contributed by atoms with Crippen LogP contribution in [-0.4, -0.2) is 34.7 Å². The molecule has 0 radical (unpaired) electrons. The second kappa shape index (κ2) is 10.7. The van der Waals surface area contributed by atoms with Gasteiger partial charge in [0.25, 0.3) is 5.89 Å². The van der Waals surface area contributed by atoms with Gasteiger partial charge in [-0.15, -0.1) is 0 Å². The number of hydrogen-bond donors (Lipinski definition) is 1. The van der Waals surface area contributed by atoms with Crippen LogP contribution in [0.2, 0.25) is 0 Å². The predicted molar refractivity (Wildman–Crippen MR) is 138 cm³/mol. The lowest BCUT2D eigenvalue weighted by atomic mass is 9.94. The molecule has 0 saturated heterocycles.